The highest BCUT2D eigenvalue weighted by Gasteiger charge is 2.28. The van der Waals surface area contributed by atoms with Crippen molar-refractivity contribution < 1.29 is 14.3 Å². The minimum Gasteiger partial charge on any atom is -0.439 e. The second-order valence-corrected chi connectivity index (χ2v) is 9.35. The molecule has 0 saturated carbocycles. The molecule has 0 rings (SSSR count). The van der Waals surface area contributed by atoms with Gasteiger partial charge in [-0.05, 0) is 51.9 Å². The standard InChI is InChI=1S/C18H36N2O3/c1-13(2)10-17(6,7)19-14(21)11-23-15(22)20-18(8,9)12-16(3,4)5/h13H,10-12H2,1-9H3,(H,19,21)(H,20,22). The first-order chi connectivity index (χ1) is 10.1. The summed E-state index contributed by atoms with van der Waals surface area (Å²) in [6.07, 6.45) is 1.11. The molecule has 0 heterocycles. The smallest absolute Gasteiger partial charge is 0.408 e. The van der Waals surface area contributed by atoms with Crippen molar-refractivity contribution in [1.82, 2.24) is 10.6 Å². The van der Waals surface area contributed by atoms with Crippen LogP contribution in [0.5, 0.6) is 0 Å². The van der Waals surface area contributed by atoms with E-state index >= 15 is 0 Å². The van der Waals surface area contributed by atoms with Gasteiger partial charge in [-0.1, -0.05) is 34.6 Å². The number of carbonyl (C=O) groups is 2. The van der Waals surface area contributed by atoms with Crippen LogP contribution in [-0.2, 0) is 9.53 Å². The largest absolute Gasteiger partial charge is 0.439 e. The molecule has 0 bridgehead atoms. The Labute approximate surface area is 141 Å². The Hall–Kier alpha value is -1.26. The number of ether oxygens (including phenoxy) is 1. The van der Waals surface area contributed by atoms with E-state index in [1.807, 2.05) is 27.7 Å². The van der Waals surface area contributed by atoms with Crippen molar-refractivity contribution in [3.63, 3.8) is 0 Å². The third-order valence-electron chi connectivity index (χ3n) is 3.14. The summed E-state index contributed by atoms with van der Waals surface area (Å²) >= 11 is 0. The number of hydrogen-bond acceptors (Lipinski definition) is 3. The maximum Gasteiger partial charge on any atom is 0.408 e. The van der Waals surface area contributed by atoms with Crippen LogP contribution in [0.25, 0.3) is 0 Å². The van der Waals surface area contributed by atoms with Crippen LogP contribution in [0.3, 0.4) is 0 Å². The van der Waals surface area contributed by atoms with Crippen molar-refractivity contribution in [3.05, 3.63) is 0 Å². The highest BCUT2D eigenvalue weighted by molar-refractivity contribution is 5.80. The van der Waals surface area contributed by atoms with Gasteiger partial charge in [-0.3, -0.25) is 4.79 Å². The lowest BCUT2D eigenvalue weighted by atomic mass is 9.82. The fourth-order valence-electron chi connectivity index (χ4n) is 3.30. The van der Waals surface area contributed by atoms with E-state index in [1.54, 1.807) is 0 Å². The Morgan fingerprint density at radius 1 is 0.913 bits per heavy atom. The van der Waals surface area contributed by atoms with E-state index in [-0.39, 0.29) is 29.0 Å². The summed E-state index contributed by atoms with van der Waals surface area (Å²) in [7, 11) is 0. The van der Waals surface area contributed by atoms with Crippen LogP contribution < -0.4 is 10.6 Å². The molecule has 0 aromatic heterocycles. The number of carbonyl (C=O) groups excluding carboxylic acids is 2. The molecule has 23 heavy (non-hydrogen) atoms. The fourth-order valence-corrected chi connectivity index (χ4v) is 3.30. The summed E-state index contributed by atoms with van der Waals surface area (Å²) < 4.78 is 5.04. The molecule has 0 aromatic rings. The van der Waals surface area contributed by atoms with E-state index in [0.29, 0.717) is 5.92 Å². The Morgan fingerprint density at radius 2 is 1.43 bits per heavy atom. The van der Waals surface area contributed by atoms with Crippen molar-refractivity contribution in [2.75, 3.05) is 6.61 Å². The monoisotopic (exact) mass is 328 g/mol. The normalized spacial score (nSPS) is 13.0. The Bertz CT molecular complexity index is 407. The zero-order valence-corrected chi connectivity index (χ0v) is 16.4. The number of hydrogen-bond donors (Lipinski definition) is 2. The quantitative estimate of drug-likeness (QED) is 0.745. The number of nitrogens with one attached hydrogen (secondary N) is 2. The molecule has 0 fully saturated rings. The van der Waals surface area contributed by atoms with Crippen molar-refractivity contribution in [2.45, 2.75) is 86.2 Å². The van der Waals surface area contributed by atoms with Gasteiger partial charge in [0.05, 0.1) is 0 Å². The molecule has 0 saturated heterocycles. The lowest BCUT2D eigenvalue weighted by Crippen LogP contribution is -2.48. The first kappa shape index (κ1) is 21.7. The summed E-state index contributed by atoms with van der Waals surface area (Å²) in [4.78, 5) is 23.8. The van der Waals surface area contributed by atoms with E-state index < -0.39 is 6.09 Å². The molecule has 0 aliphatic rings. The van der Waals surface area contributed by atoms with Gasteiger partial charge in [-0.2, -0.15) is 0 Å². The molecular weight excluding hydrogens is 292 g/mol. The first-order valence-corrected chi connectivity index (χ1v) is 8.38. The molecule has 0 aliphatic heterocycles. The van der Waals surface area contributed by atoms with Gasteiger partial charge in [0.2, 0.25) is 0 Å². The van der Waals surface area contributed by atoms with Gasteiger partial charge in [0, 0.05) is 11.1 Å². The van der Waals surface area contributed by atoms with E-state index in [4.69, 9.17) is 4.74 Å². The Kier molecular flexibility index (Phi) is 7.58. The van der Waals surface area contributed by atoms with Crippen molar-refractivity contribution in [2.24, 2.45) is 11.3 Å². The molecule has 5 heteroatoms. The lowest BCUT2D eigenvalue weighted by molar-refractivity contribution is -0.125. The predicted octanol–water partition coefficient (Wildman–Crippen LogP) is 3.87. The first-order valence-electron chi connectivity index (χ1n) is 8.38. The Balaban J connectivity index is 4.31. The number of alkyl carbamates (subject to hydrolysis) is 1. The molecule has 0 aromatic carbocycles. The summed E-state index contributed by atoms with van der Waals surface area (Å²) in [5.74, 6) is 0.201. The molecule has 0 unspecified atom stereocenters. The van der Waals surface area contributed by atoms with Crippen molar-refractivity contribution in [3.8, 4) is 0 Å². The Morgan fingerprint density at radius 3 is 1.87 bits per heavy atom. The predicted molar refractivity (Wildman–Crippen MR) is 94.3 cm³/mol. The zero-order chi connectivity index (χ0) is 18.5. The molecule has 2 amide bonds. The second kappa shape index (κ2) is 8.02. The summed E-state index contributed by atoms with van der Waals surface area (Å²) in [5, 5.41) is 5.72. The van der Waals surface area contributed by atoms with Crippen LogP contribution in [-0.4, -0.2) is 29.7 Å². The maximum absolute atomic E-state index is 11.9. The lowest BCUT2D eigenvalue weighted by Gasteiger charge is -2.33. The molecule has 136 valence electrons. The third kappa shape index (κ3) is 11.9. The van der Waals surface area contributed by atoms with Crippen molar-refractivity contribution >= 4 is 12.0 Å². The van der Waals surface area contributed by atoms with Crippen LogP contribution in [0, 0.1) is 11.3 Å². The summed E-state index contributed by atoms with van der Waals surface area (Å²) in [5.41, 5.74) is -0.603. The van der Waals surface area contributed by atoms with Gasteiger partial charge in [-0.25, -0.2) is 4.79 Å². The van der Waals surface area contributed by atoms with E-state index in [0.717, 1.165) is 12.8 Å². The van der Waals surface area contributed by atoms with Gasteiger partial charge in [0.15, 0.2) is 6.61 Å². The highest BCUT2D eigenvalue weighted by Crippen LogP contribution is 2.26. The average Bonchev–Trinajstić information content (AvgIpc) is 2.18. The second-order valence-electron chi connectivity index (χ2n) is 9.35. The molecular formula is C18H36N2O3. The molecule has 0 radical (unpaired) electrons. The zero-order valence-electron chi connectivity index (χ0n) is 16.4. The molecule has 0 atom stereocenters. The minimum absolute atomic E-state index is 0.0923. The molecule has 0 aliphatic carbocycles. The average molecular weight is 328 g/mol. The molecule has 5 nitrogen and oxygen atoms in total. The van der Waals surface area contributed by atoms with E-state index in [1.165, 1.54) is 0 Å². The highest BCUT2D eigenvalue weighted by atomic mass is 16.6. The van der Waals surface area contributed by atoms with Gasteiger partial charge < -0.3 is 15.4 Å². The number of rotatable bonds is 7. The van der Waals surface area contributed by atoms with E-state index in [2.05, 4.69) is 45.3 Å². The van der Waals surface area contributed by atoms with Gasteiger partial charge in [-0.15, -0.1) is 0 Å². The number of amides is 2. The molecule has 0 spiro atoms. The van der Waals surface area contributed by atoms with Crippen molar-refractivity contribution in [1.29, 1.82) is 0 Å². The van der Waals surface area contributed by atoms with Crippen LogP contribution in [0.4, 0.5) is 4.79 Å². The van der Waals surface area contributed by atoms with Crippen LogP contribution in [0.2, 0.25) is 0 Å². The summed E-state index contributed by atoms with van der Waals surface area (Å²) in [6, 6.07) is 0. The topological polar surface area (TPSA) is 67.4 Å². The van der Waals surface area contributed by atoms with Crippen LogP contribution in [0.1, 0.15) is 75.2 Å². The van der Waals surface area contributed by atoms with Gasteiger partial charge >= 0.3 is 6.09 Å². The SMILES string of the molecule is CC(C)CC(C)(C)NC(=O)COC(=O)NC(C)(C)CC(C)(C)C. The van der Waals surface area contributed by atoms with Crippen LogP contribution in [0.15, 0.2) is 0 Å². The molecule has 2 N–H and O–H groups in total. The minimum atomic E-state index is -0.559. The van der Waals surface area contributed by atoms with Gasteiger partial charge in [0.25, 0.3) is 5.91 Å². The van der Waals surface area contributed by atoms with Gasteiger partial charge in [0.1, 0.15) is 0 Å². The third-order valence-corrected chi connectivity index (χ3v) is 3.14. The summed E-state index contributed by atoms with van der Waals surface area (Å²) in [6.45, 7) is 18.1. The van der Waals surface area contributed by atoms with E-state index in [9.17, 15) is 9.59 Å². The van der Waals surface area contributed by atoms with Crippen LogP contribution >= 0.6 is 0 Å². The fraction of sp³-hybridized carbons (Fsp3) is 0.889. The maximum atomic E-state index is 11.9.